The summed E-state index contributed by atoms with van der Waals surface area (Å²) in [6, 6.07) is 18.0. The first-order valence-electron chi connectivity index (χ1n) is 10.3. The van der Waals surface area contributed by atoms with Crippen molar-refractivity contribution in [2.24, 2.45) is 0 Å². The normalized spacial score (nSPS) is 10.9. The number of non-ortho nitro benzene ring substituents is 1. The largest absolute Gasteiger partial charge is 0.490 e. The average Bonchev–Trinajstić information content (AvgIpc) is 2.82. The number of nitrogens with one attached hydrogen (secondary N) is 1. The first-order chi connectivity index (χ1) is 16.8. The molecule has 0 radical (unpaired) electrons. The van der Waals surface area contributed by atoms with Crippen LogP contribution in [0.4, 0.5) is 11.4 Å². The quantitative estimate of drug-likeness (QED) is 0.139. The lowest BCUT2D eigenvalue weighted by Gasteiger charge is -2.15. The Morgan fingerprint density at radius 2 is 1.97 bits per heavy atom. The summed E-state index contributed by atoms with van der Waals surface area (Å²) in [6.45, 7) is 2.22. The van der Waals surface area contributed by atoms with Crippen LogP contribution in [0.3, 0.4) is 0 Å². The summed E-state index contributed by atoms with van der Waals surface area (Å²) in [6.07, 6.45) is 1.43. The first kappa shape index (κ1) is 25.7. The number of nitrogens with zero attached hydrogens (tertiary/aromatic N) is 2. The Labute approximate surface area is 215 Å². The van der Waals surface area contributed by atoms with Crippen molar-refractivity contribution in [3.63, 3.8) is 0 Å². The molecule has 1 amide bonds. The summed E-state index contributed by atoms with van der Waals surface area (Å²) in [5.41, 5.74) is 1.45. The molecule has 0 saturated carbocycles. The van der Waals surface area contributed by atoms with Crippen molar-refractivity contribution >= 4 is 50.9 Å². The Kier molecular flexibility index (Phi) is 8.84. The Morgan fingerprint density at radius 1 is 1.20 bits per heavy atom. The zero-order chi connectivity index (χ0) is 25.4. The monoisotopic (exact) mass is 555 g/mol. The number of carbonyl (C=O) groups is 1. The maximum atomic E-state index is 12.6. The van der Waals surface area contributed by atoms with Gasteiger partial charge in [-0.25, -0.2) is 0 Å². The van der Waals surface area contributed by atoms with Crippen LogP contribution >= 0.6 is 27.5 Å². The Morgan fingerprint density at radius 3 is 2.66 bits per heavy atom. The van der Waals surface area contributed by atoms with Gasteiger partial charge in [-0.1, -0.05) is 29.8 Å². The van der Waals surface area contributed by atoms with Crippen molar-refractivity contribution < 1.29 is 19.2 Å². The second-order valence-electron chi connectivity index (χ2n) is 7.11. The van der Waals surface area contributed by atoms with Gasteiger partial charge in [0.15, 0.2) is 11.5 Å². The van der Waals surface area contributed by atoms with Gasteiger partial charge in [0, 0.05) is 22.8 Å². The molecule has 0 fully saturated rings. The Bertz CT molecular complexity index is 1340. The third-order valence-corrected chi connectivity index (χ3v) is 5.42. The van der Waals surface area contributed by atoms with Crippen LogP contribution in [-0.2, 0) is 11.4 Å². The summed E-state index contributed by atoms with van der Waals surface area (Å²) in [5, 5.41) is 23.6. The van der Waals surface area contributed by atoms with E-state index in [4.69, 9.17) is 21.1 Å². The summed E-state index contributed by atoms with van der Waals surface area (Å²) in [4.78, 5) is 23.1. The molecule has 1 N–H and O–H groups in total. The molecule has 0 bridgehead atoms. The van der Waals surface area contributed by atoms with Crippen molar-refractivity contribution in [2.75, 3.05) is 11.9 Å². The van der Waals surface area contributed by atoms with Gasteiger partial charge in [-0.3, -0.25) is 14.9 Å². The fourth-order valence-corrected chi connectivity index (χ4v) is 3.83. The Hall–Kier alpha value is -3.87. The lowest BCUT2D eigenvalue weighted by molar-refractivity contribution is -0.384. The number of carbonyl (C=O) groups excluding carboxylic acids is 1. The molecule has 3 aromatic carbocycles. The van der Waals surface area contributed by atoms with Crippen molar-refractivity contribution in [3.05, 3.63) is 97.0 Å². The fraction of sp³-hybridized carbons (Fsp3) is 0.120. The van der Waals surface area contributed by atoms with Crippen LogP contribution in [0, 0.1) is 21.4 Å². The van der Waals surface area contributed by atoms with E-state index in [-0.39, 0.29) is 17.9 Å². The second-order valence-corrected chi connectivity index (χ2v) is 8.40. The summed E-state index contributed by atoms with van der Waals surface area (Å²) in [5.74, 6) is 0.179. The zero-order valence-corrected chi connectivity index (χ0v) is 20.8. The molecule has 8 nitrogen and oxygen atoms in total. The lowest BCUT2D eigenvalue weighted by Crippen LogP contribution is -2.13. The van der Waals surface area contributed by atoms with Gasteiger partial charge in [0.25, 0.3) is 11.6 Å². The highest BCUT2D eigenvalue weighted by atomic mass is 79.9. The van der Waals surface area contributed by atoms with Crippen molar-refractivity contribution in [3.8, 4) is 17.6 Å². The van der Waals surface area contributed by atoms with Crippen LogP contribution in [0.2, 0.25) is 5.02 Å². The highest BCUT2D eigenvalue weighted by molar-refractivity contribution is 9.10. The molecular formula is C25H19BrClN3O5. The maximum Gasteiger partial charge on any atom is 0.269 e. The molecule has 10 heteroatoms. The van der Waals surface area contributed by atoms with Gasteiger partial charge >= 0.3 is 0 Å². The number of nitro groups is 1. The molecule has 0 atom stereocenters. The molecule has 0 aliphatic heterocycles. The number of nitriles is 1. The van der Waals surface area contributed by atoms with Gasteiger partial charge in [0.2, 0.25) is 0 Å². The Balaban J connectivity index is 1.85. The number of anilines is 1. The van der Waals surface area contributed by atoms with E-state index in [1.807, 2.05) is 6.07 Å². The van der Waals surface area contributed by atoms with E-state index in [1.54, 1.807) is 55.5 Å². The molecule has 0 aliphatic rings. The van der Waals surface area contributed by atoms with Crippen LogP contribution in [0.1, 0.15) is 18.1 Å². The van der Waals surface area contributed by atoms with E-state index in [1.165, 1.54) is 18.2 Å². The standard InChI is InChI=1S/C25H19BrClN3O5/c1-2-34-23-12-17(9-18(14-28)25(31)29-20-7-4-6-19(27)13-20)11-22(26)24(23)35-15-16-5-3-8-21(10-16)30(32)33/h3-13H,2,15H2,1H3,(H,29,31)/b18-9+. The van der Waals surface area contributed by atoms with Crippen LogP contribution in [0.5, 0.6) is 11.5 Å². The average molecular weight is 557 g/mol. The third kappa shape index (κ3) is 7.06. The summed E-state index contributed by atoms with van der Waals surface area (Å²) < 4.78 is 12.1. The third-order valence-electron chi connectivity index (χ3n) is 4.59. The number of hydrogen-bond acceptors (Lipinski definition) is 6. The van der Waals surface area contributed by atoms with E-state index >= 15 is 0 Å². The molecule has 0 spiro atoms. The molecule has 0 aromatic heterocycles. The van der Waals surface area contributed by atoms with E-state index in [0.717, 1.165) is 0 Å². The predicted molar refractivity (Wildman–Crippen MR) is 136 cm³/mol. The number of rotatable bonds is 9. The molecule has 0 aliphatic carbocycles. The molecule has 3 rings (SSSR count). The molecule has 3 aromatic rings. The lowest BCUT2D eigenvalue weighted by atomic mass is 10.1. The fourth-order valence-electron chi connectivity index (χ4n) is 3.07. The number of benzene rings is 3. The highest BCUT2D eigenvalue weighted by Gasteiger charge is 2.15. The minimum Gasteiger partial charge on any atom is -0.490 e. The molecule has 0 unspecified atom stereocenters. The summed E-state index contributed by atoms with van der Waals surface area (Å²) >= 11 is 9.39. The molecule has 0 saturated heterocycles. The van der Waals surface area contributed by atoms with Gasteiger partial charge in [0.1, 0.15) is 18.2 Å². The molecule has 178 valence electrons. The topological polar surface area (TPSA) is 114 Å². The van der Waals surface area contributed by atoms with Gasteiger partial charge in [0.05, 0.1) is 16.0 Å². The minimum atomic E-state index is -0.588. The smallest absolute Gasteiger partial charge is 0.269 e. The number of nitro benzene ring substituents is 1. The van der Waals surface area contributed by atoms with Crippen LogP contribution < -0.4 is 14.8 Å². The maximum absolute atomic E-state index is 12.6. The highest BCUT2D eigenvalue weighted by Crippen LogP contribution is 2.38. The number of ether oxygens (including phenoxy) is 2. The minimum absolute atomic E-state index is 0.0317. The van der Waals surface area contributed by atoms with E-state index < -0.39 is 10.8 Å². The molecular weight excluding hydrogens is 538 g/mol. The number of hydrogen-bond donors (Lipinski definition) is 1. The van der Waals surface area contributed by atoms with Gasteiger partial charge in [-0.15, -0.1) is 0 Å². The van der Waals surface area contributed by atoms with Crippen LogP contribution in [0.15, 0.2) is 70.7 Å². The first-order valence-corrected chi connectivity index (χ1v) is 11.5. The number of halogens is 2. The van der Waals surface area contributed by atoms with Crippen molar-refractivity contribution in [1.82, 2.24) is 0 Å². The van der Waals surface area contributed by atoms with Crippen LogP contribution in [-0.4, -0.2) is 17.4 Å². The van der Waals surface area contributed by atoms with E-state index in [0.29, 0.717) is 44.4 Å². The van der Waals surface area contributed by atoms with E-state index in [2.05, 4.69) is 21.2 Å². The predicted octanol–water partition coefficient (Wildman–Crippen LogP) is 6.53. The molecule has 0 heterocycles. The van der Waals surface area contributed by atoms with Gasteiger partial charge < -0.3 is 14.8 Å². The SMILES string of the molecule is CCOc1cc(/C=C(\C#N)C(=O)Nc2cccc(Cl)c2)cc(Br)c1OCc1cccc([N+](=O)[O-])c1. The zero-order valence-electron chi connectivity index (χ0n) is 18.5. The van der Waals surface area contributed by atoms with Crippen molar-refractivity contribution in [1.29, 1.82) is 5.26 Å². The van der Waals surface area contributed by atoms with E-state index in [9.17, 15) is 20.2 Å². The van der Waals surface area contributed by atoms with Crippen molar-refractivity contribution in [2.45, 2.75) is 13.5 Å². The van der Waals surface area contributed by atoms with Gasteiger partial charge in [-0.05, 0) is 70.4 Å². The summed E-state index contributed by atoms with van der Waals surface area (Å²) in [7, 11) is 0. The number of amides is 1. The van der Waals surface area contributed by atoms with Crippen LogP contribution in [0.25, 0.3) is 6.08 Å². The van der Waals surface area contributed by atoms with Gasteiger partial charge in [-0.2, -0.15) is 5.26 Å². The molecule has 35 heavy (non-hydrogen) atoms. The second kappa shape index (κ2) is 12.0.